The van der Waals surface area contributed by atoms with Gasteiger partial charge in [0.1, 0.15) is 11.6 Å². The van der Waals surface area contributed by atoms with Crippen LogP contribution in [0.4, 0.5) is 16.2 Å². The summed E-state index contributed by atoms with van der Waals surface area (Å²) in [6, 6.07) is 5.21. The van der Waals surface area contributed by atoms with E-state index >= 15 is 0 Å². The number of piperidine rings is 1. The molecule has 1 aliphatic heterocycles. The molecular weight excluding hydrogens is 368 g/mol. The molecule has 2 N–H and O–H groups in total. The first-order valence-corrected chi connectivity index (χ1v) is 10.2. The molecule has 0 radical (unpaired) electrons. The molecule has 1 saturated heterocycles. The Labute approximate surface area is 171 Å². The highest BCUT2D eigenvalue weighted by Gasteiger charge is 2.22. The fourth-order valence-corrected chi connectivity index (χ4v) is 3.48. The molecule has 1 aromatic heterocycles. The van der Waals surface area contributed by atoms with E-state index in [2.05, 4.69) is 26.6 Å². The summed E-state index contributed by atoms with van der Waals surface area (Å²) in [7, 11) is 0. The Kier molecular flexibility index (Phi) is 6.25. The van der Waals surface area contributed by atoms with Crippen LogP contribution in [0.15, 0.2) is 30.6 Å². The molecule has 1 fully saturated rings. The molecule has 1 atom stereocenters. The first-order chi connectivity index (χ1) is 13.7. The Morgan fingerprint density at radius 1 is 1.10 bits per heavy atom. The Bertz CT molecular complexity index is 885. The van der Waals surface area contributed by atoms with Crippen molar-refractivity contribution in [2.24, 2.45) is 0 Å². The third-order valence-electron chi connectivity index (χ3n) is 4.88. The number of hydrogen-bond donors (Lipinski definition) is 2. The summed E-state index contributed by atoms with van der Waals surface area (Å²) in [6.07, 6.45) is 6.58. The highest BCUT2D eigenvalue weighted by atomic mass is 16.6. The molecule has 7 nitrogen and oxygen atoms in total. The van der Waals surface area contributed by atoms with E-state index in [-0.39, 0.29) is 5.91 Å². The number of fused-ring (bicyclic) bond motifs is 1. The maximum Gasteiger partial charge on any atom is 0.408 e. The topological polar surface area (TPSA) is 83.6 Å². The van der Waals surface area contributed by atoms with Crippen LogP contribution in [0.1, 0.15) is 47.0 Å². The second-order valence-corrected chi connectivity index (χ2v) is 8.46. The number of aromatic nitrogens is 1. The number of anilines is 2. The third-order valence-corrected chi connectivity index (χ3v) is 4.88. The van der Waals surface area contributed by atoms with Crippen molar-refractivity contribution < 1.29 is 14.3 Å². The van der Waals surface area contributed by atoms with Gasteiger partial charge in [-0.25, -0.2) is 4.79 Å². The van der Waals surface area contributed by atoms with Crippen LogP contribution >= 0.6 is 0 Å². The van der Waals surface area contributed by atoms with Gasteiger partial charge in [-0.05, 0) is 65.2 Å². The van der Waals surface area contributed by atoms with Crippen LogP contribution < -0.4 is 15.5 Å². The average molecular weight is 399 g/mol. The van der Waals surface area contributed by atoms with E-state index in [1.807, 2.05) is 12.1 Å². The number of carbonyl (C=O) groups is 2. The summed E-state index contributed by atoms with van der Waals surface area (Å²) < 4.78 is 5.22. The molecule has 1 aliphatic rings. The average Bonchev–Trinajstić information content (AvgIpc) is 2.67. The summed E-state index contributed by atoms with van der Waals surface area (Å²) in [4.78, 5) is 31.2. The van der Waals surface area contributed by atoms with Crippen molar-refractivity contribution >= 4 is 34.1 Å². The number of ether oxygens (including phenoxy) is 1. The SMILES string of the molecule is C[C@@H](NC(=O)OC(C)(C)C)C(=O)Nc1ccc(N2CCCCC2)c2ccncc12. The van der Waals surface area contributed by atoms with Crippen LogP contribution in [0.25, 0.3) is 10.8 Å². The number of pyridine rings is 1. The lowest BCUT2D eigenvalue weighted by atomic mass is 10.0. The first-order valence-electron chi connectivity index (χ1n) is 10.2. The second kappa shape index (κ2) is 8.68. The lowest BCUT2D eigenvalue weighted by molar-refractivity contribution is -0.117. The van der Waals surface area contributed by atoms with Gasteiger partial charge < -0.3 is 20.3 Å². The fraction of sp³-hybridized carbons (Fsp3) is 0.500. The molecule has 2 heterocycles. The molecule has 0 unspecified atom stereocenters. The van der Waals surface area contributed by atoms with Crippen molar-refractivity contribution in [2.45, 2.75) is 58.6 Å². The first kappa shape index (κ1) is 20.9. The van der Waals surface area contributed by atoms with Gasteiger partial charge in [0.05, 0.1) is 5.69 Å². The molecule has 0 aliphatic carbocycles. The van der Waals surface area contributed by atoms with Crippen molar-refractivity contribution in [3.63, 3.8) is 0 Å². The molecule has 0 spiro atoms. The smallest absolute Gasteiger partial charge is 0.408 e. The van der Waals surface area contributed by atoms with Gasteiger partial charge in [0, 0.05) is 41.9 Å². The number of carbonyl (C=O) groups excluding carboxylic acids is 2. The van der Waals surface area contributed by atoms with Gasteiger partial charge in [-0.3, -0.25) is 9.78 Å². The van der Waals surface area contributed by atoms with Gasteiger partial charge >= 0.3 is 6.09 Å². The van der Waals surface area contributed by atoms with E-state index in [1.165, 1.54) is 24.9 Å². The largest absolute Gasteiger partial charge is 0.444 e. The summed E-state index contributed by atoms with van der Waals surface area (Å²) >= 11 is 0. The van der Waals surface area contributed by atoms with E-state index in [0.717, 1.165) is 23.9 Å². The maximum absolute atomic E-state index is 12.6. The van der Waals surface area contributed by atoms with Crippen molar-refractivity contribution in [1.82, 2.24) is 10.3 Å². The molecule has 0 bridgehead atoms. The lowest BCUT2D eigenvalue weighted by Crippen LogP contribution is -2.44. The van der Waals surface area contributed by atoms with Gasteiger partial charge in [-0.2, -0.15) is 0 Å². The summed E-state index contributed by atoms with van der Waals surface area (Å²) in [5, 5.41) is 7.43. The van der Waals surface area contributed by atoms with E-state index in [9.17, 15) is 9.59 Å². The molecule has 2 amide bonds. The van der Waals surface area contributed by atoms with Gasteiger partial charge in [0.25, 0.3) is 0 Å². The van der Waals surface area contributed by atoms with Gasteiger partial charge in [0.15, 0.2) is 0 Å². The molecule has 7 heteroatoms. The van der Waals surface area contributed by atoms with Crippen molar-refractivity contribution in [1.29, 1.82) is 0 Å². The number of hydrogen-bond acceptors (Lipinski definition) is 5. The second-order valence-electron chi connectivity index (χ2n) is 8.46. The quantitative estimate of drug-likeness (QED) is 0.811. The minimum Gasteiger partial charge on any atom is -0.444 e. The lowest BCUT2D eigenvalue weighted by Gasteiger charge is -2.30. The van der Waals surface area contributed by atoms with Crippen LogP contribution in [0.2, 0.25) is 0 Å². The third kappa shape index (κ3) is 5.37. The zero-order valence-corrected chi connectivity index (χ0v) is 17.6. The van der Waals surface area contributed by atoms with E-state index in [4.69, 9.17) is 4.74 Å². The van der Waals surface area contributed by atoms with Crippen LogP contribution in [-0.2, 0) is 9.53 Å². The predicted octanol–water partition coefficient (Wildman–Crippen LogP) is 4.08. The minimum atomic E-state index is -0.738. The molecular formula is C22H30N4O3. The monoisotopic (exact) mass is 398 g/mol. The molecule has 3 rings (SSSR count). The maximum atomic E-state index is 12.6. The van der Waals surface area contributed by atoms with E-state index in [0.29, 0.717) is 5.69 Å². The molecule has 2 aromatic rings. The predicted molar refractivity (Wildman–Crippen MR) is 115 cm³/mol. The number of benzene rings is 1. The molecule has 29 heavy (non-hydrogen) atoms. The number of alkyl carbamates (subject to hydrolysis) is 1. The zero-order chi connectivity index (χ0) is 21.0. The van der Waals surface area contributed by atoms with Crippen molar-refractivity contribution in [3.05, 3.63) is 30.6 Å². The zero-order valence-electron chi connectivity index (χ0n) is 17.6. The Morgan fingerprint density at radius 2 is 1.83 bits per heavy atom. The Balaban J connectivity index is 1.76. The van der Waals surface area contributed by atoms with E-state index in [1.54, 1.807) is 40.1 Å². The van der Waals surface area contributed by atoms with E-state index < -0.39 is 17.7 Å². The molecule has 156 valence electrons. The van der Waals surface area contributed by atoms with Crippen molar-refractivity contribution in [3.8, 4) is 0 Å². The Morgan fingerprint density at radius 3 is 2.52 bits per heavy atom. The van der Waals surface area contributed by atoms with Crippen LogP contribution in [0, 0.1) is 0 Å². The number of nitrogens with one attached hydrogen (secondary N) is 2. The standard InChI is InChI=1S/C22H30N4O3/c1-15(24-21(28)29-22(2,3)4)20(27)25-18-8-9-19(26-12-6-5-7-13-26)16-10-11-23-14-17(16)18/h8-11,14-15H,5-7,12-13H2,1-4H3,(H,24,28)(H,25,27)/t15-/m1/s1. The summed E-state index contributed by atoms with van der Waals surface area (Å²) in [5.74, 6) is -0.313. The summed E-state index contributed by atoms with van der Waals surface area (Å²) in [6.45, 7) is 9.04. The number of rotatable bonds is 4. The van der Waals surface area contributed by atoms with Gasteiger partial charge in [-0.1, -0.05) is 0 Å². The Hall–Kier alpha value is -2.83. The van der Waals surface area contributed by atoms with Crippen LogP contribution in [0.3, 0.4) is 0 Å². The van der Waals surface area contributed by atoms with Gasteiger partial charge in [-0.15, -0.1) is 0 Å². The molecule has 0 saturated carbocycles. The highest BCUT2D eigenvalue weighted by Crippen LogP contribution is 2.33. The summed E-state index contributed by atoms with van der Waals surface area (Å²) in [5.41, 5.74) is 1.23. The van der Waals surface area contributed by atoms with Crippen molar-refractivity contribution in [2.75, 3.05) is 23.3 Å². The normalized spacial score (nSPS) is 15.7. The van der Waals surface area contributed by atoms with Gasteiger partial charge in [0.2, 0.25) is 5.91 Å². The molecule has 1 aromatic carbocycles. The van der Waals surface area contributed by atoms with Crippen LogP contribution in [-0.4, -0.2) is 41.7 Å². The minimum absolute atomic E-state index is 0.313. The number of nitrogens with zero attached hydrogens (tertiary/aromatic N) is 2. The fourth-order valence-electron chi connectivity index (χ4n) is 3.48. The number of amides is 2. The highest BCUT2D eigenvalue weighted by molar-refractivity contribution is 6.07. The van der Waals surface area contributed by atoms with Crippen LogP contribution in [0.5, 0.6) is 0 Å².